The van der Waals surface area contributed by atoms with Gasteiger partial charge in [-0.05, 0) is 31.0 Å². The quantitative estimate of drug-likeness (QED) is 0.718. The molecule has 0 aliphatic carbocycles. The zero-order chi connectivity index (χ0) is 10.8. The SMILES string of the molecule is Cc1cccc(OCC(F)(F)F)c1C. The van der Waals surface area contributed by atoms with Crippen molar-refractivity contribution in [1.29, 1.82) is 0 Å². The maximum absolute atomic E-state index is 11.8. The lowest BCUT2D eigenvalue weighted by Crippen LogP contribution is -2.19. The lowest BCUT2D eigenvalue weighted by atomic mass is 10.1. The Morgan fingerprint density at radius 3 is 2.43 bits per heavy atom. The van der Waals surface area contributed by atoms with E-state index in [1.54, 1.807) is 13.0 Å². The molecule has 78 valence electrons. The van der Waals surface area contributed by atoms with Crippen molar-refractivity contribution in [3.63, 3.8) is 0 Å². The van der Waals surface area contributed by atoms with E-state index in [0.717, 1.165) is 11.1 Å². The van der Waals surface area contributed by atoms with Crippen LogP contribution in [0.4, 0.5) is 13.2 Å². The van der Waals surface area contributed by atoms with Crippen molar-refractivity contribution in [3.05, 3.63) is 29.3 Å². The molecule has 1 aromatic rings. The molecule has 4 heteroatoms. The molecule has 0 unspecified atom stereocenters. The minimum atomic E-state index is -4.28. The van der Waals surface area contributed by atoms with Gasteiger partial charge in [-0.15, -0.1) is 0 Å². The molecular formula is C10H11F3O. The van der Waals surface area contributed by atoms with Crippen molar-refractivity contribution in [2.24, 2.45) is 0 Å². The van der Waals surface area contributed by atoms with Crippen molar-refractivity contribution in [2.45, 2.75) is 20.0 Å². The monoisotopic (exact) mass is 204 g/mol. The molecule has 0 saturated carbocycles. The number of benzene rings is 1. The van der Waals surface area contributed by atoms with E-state index in [9.17, 15) is 13.2 Å². The number of hydrogen-bond donors (Lipinski definition) is 0. The maximum Gasteiger partial charge on any atom is 0.422 e. The molecule has 0 amide bonds. The molecule has 0 spiro atoms. The molecule has 0 N–H and O–H groups in total. The van der Waals surface area contributed by atoms with Gasteiger partial charge in [0.2, 0.25) is 0 Å². The van der Waals surface area contributed by atoms with Gasteiger partial charge in [0.05, 0.1) is 0 Å². The van der Waals surface area contributed by atoms with E-state index in [0.29, 0.717) is 5.75 Å². The third-order valence-corrected chi connectivity index (χ3v) is 1.95. The first-order valence-electron chi connectivity index (χ1n) is 4.16. The standard InChI is InChI=1S/C10H11F3O/c1-7-4-3-5-9(8(7)2)14-6-10(11,12)13/h3-5H,6H2,1-2H3. The first-order valence-corrected chi connectivity index (χ1v) is 4.16. The van der Waals surface area contributed by atoms with Crippen LogP contribution in [0.25, 0.3) is 0 Å². The lowest BCUT2D eigenvalue weighted by molar-refractivity contribution is -0.153. The molecule has 14 heavy (non-hydrogen) atoms. The average Bonchev–Trinajstić information content (AvgIpc) is 2.06. The summed E-state index contributed by atoms with van der Waals surface area (Å²) in [5.41, 5.74) is 1.67. The van der Waals surface area contributed by atoms with Crippen molar-refractivity contribution in [1.82, 2.24) is 0 Å². The van der Waals surface area contributed by atoms with Crippen LogP contribution in [0.1, 0.15) is 11.1 Å². The Labute approximate surface area is 80.5 Å². The summed E-state index contributed by atoms with van der Waals surface area (Å²) in [6.45, 7) is 2.33. The Balaban J connectivity index is 2.73. The highest BCUT2D eigenvalue weighted by Gasteiger charge is 2.28. The molecule has 0 aromatic heterocycles. The molecule has 1 aromatic carbocycles. The van der Waals surface area contributed by atoms with Crippen LogP contribution in [0.15, 0.2) is 18.2 Å². The minimum absolute atomic E-state index is 0.294. The van der Waals surface area contributed by atoms with Crippen LogP contribution < -0.4 is 4.74 Å². The van der Waals surface area contributed by atoms with Crippen molar-refractivity contribution in [3.8, 4) is 5.75 Å². The van der Waals surface area contributed by atoms with E-state index < -0.39 is 12.8 Å². The van der Waals surface area contributed by atoms with Gasteiger partial charge in [-0.3, -0.25) is 0 Å². The van der Waals surface area contributed by atoms with Gasteiger partial charge in [-0.1, -0.05) is 12.1 Å². The number of alkyl halides is 3. The molecule has 1 rings (SSSR count). The molecule has 0 radical (unpaired) electrons. The molecular weight excluding hydrogens is 193 g/mol. The largest absolute Gasteiger partial charge is 0.484 e. The second-order valence-electron chi connectivity index (χ2n) is 3.10. The third kappa shape index (κ3) is 2.94. The number of aryl methyl sites for hydroxylation is 1. The van der Waals surface area contributed by atoms with Crippen LogP contribution in [-0.2, 0) is 0 Å². The first kappa shape index (κ1) is 10.9. The fourth-order valence-corrected chi connectivity index (χ4v) is 1.04. The summed E-state index contributed by atoms with van der Waals surface area (Å²) in [7, 11) is 0. The van der Waals surface area contributed by atoms with Crippen LogP contribution in [-0.4, -0.2) is 12.8 Å². The van der Waals surface area contributed by atoms with Crippen LogP contribution in [0.5, 0.6) is 5.75 Å². The summed E-state index contributed by atoms with van der Waals surface area (Å²) >= 11 is 0. The number of ether oxygens (including phenoxy) is 1. The van der Waals surface area contributed by atoms with Crippen LogP contribution in [0.3, 0.4) is 0 Å². The van der Waals surface area contributed by atoms with Gasteiger partial charge in [-0.25, -0.2) is 0 Å². The topological polar surface area (TPSA) is 9.23 Å². The van der Waals surface area contributed by atoms with E-state index in [-0.39, 0.29) is 0 Å². The Hall–Kier alpha value is -1.19. The van der Waals surface area contributed by atoms with Gasteiger partial charge in [-0.2, -0.15) is 13.2 Å². The highest BCUT2D eigenvalue weighted by atomic mass is 19.4. The third-order valence-electron chi connectivity index (χ3n) is 1.95. The predicted octanol–water partition coefficient (Wildman–Crippen LogP) is 3.24. The number of halogens is 3. The molecule has 1 nitrogen and oxygen atoms in total. The van der Waals surface area contributed by atoms with Crippen LogP contribution >= 0.6 is 0 Å². The molecule has 0 saturated heterocycles. The second-order valence-corrected chi connectivity index (χ2v) is 3.10. The Morgan fingerprint density at radius 2 is 1.86 bits per heavy atom. The molecule has 0 heterocycles. The highest BCUT2D eigenvalue weighted by Crippen LogP contribution is 2.23. The van der Waals surface area contributed by atoms with Crippen molar-refractivity contribution >= 4 is 0 Å². The van der Waals surface area contributed by atoms with E-state index in [4.69, 9.17) is 0 Å². The van der Waals surface area contributed by atoms with Crippen molar-refractivity contribution in [2.75, 3.05) is 6.61 Å². The van der Waals surface area contributed by atoms with E-state index >= 15 is 0 Å². The molecule has 0 fully saturated rings. The summed E-state index contributed by atoms with van der Waals surface area (Å²) in [4.78, 5) is 0. The average molecular weight is 204 g/mol. The van der Waals surface area contributed by atoms with Gasteiger partial charge in [0.25, 0.3) is 0 Å². The second kappa shape index (κ2) is 3.90. The van der Waals surface area contributed by atoms with Gasteiger partial charge < -0.3 is 4.74 Å². The fourth-order valence-electron chi connectivity index (χ4n) is 1.04. The Kier molecular flexibility index (Phi) is 3.03. The fraction of sp³-hybridized carbons (Fsp3) is 0.400. The smallest absolute Gasteiger partial charge is 0.422 e. The molecule has 0 aliphatic rings. The normalized spacial score (nSPS) is 11.5. The van der Waals surface area contributed by atoms with E-state index in [1.165, 1.54) is 6.07 Å². The summed E-state index contributed by atoms with van der Waals surface area (Å²) in [5, 5.41) is 0. The molecule has 0 aliphatic heterocycles. The highest BCUT2D eigenvalue weighted by molar-refractivity contribution is 5.38. The van der Waals surface area contributed by atoms with E-state index in [2.05, 4.69) is 4.74 Å². The lowest BCUT2D eigenvalue weighted by Gasteiger charge is -2.12. The summed E-state index contributed by atoms with van der Waals surface area (Å²) in [6.07, 6.45) is -4.28. The Morgan fingerprint density at radius 1 is 1.21 bits per heavy atom. The minimum Gasteiger partial charge on any atom is -0.484 e. The molecule has 0 atom stereocenters. The zero-order valence-corrected chi connectivity index (χ0v) is 7.98. The van der Waals surface area contributed by atoms with Crippen molar-refractivity contribution < 1.29 is 17.9 Å². The number of rotatable bonds is 2. The Bertz CT molecular complexity index is 318. The zero-order valence-electron chi connectivity index (χ0n) is 7.98. The van der Waals surface area contributed by atoms with Gasteiger partial charge in [0, 0.05) is 0 Å². The maximum atomic E-state index is 11.8. The van der Waals surface area contributed by atoms with Gasteiger partial charge in [0.1, 0.15) is 5.75 Å². The van der Waals surface area contributed by atoms with E-state index in [1.807, 2.05) is 13.0 Å². The summed E-state index contributed by atoms with van der Waals surface area (Å²) in [5.74, 6) is 0.294. The first-order chi connectivity index (χ1) is 6.40. The molecule has 0 bridgehead atoms. The summed E-state index contributed by atoms with van der Waals surface area (Å²) < 4.78 is 40.2. The number of hydrogen-bond acceptors (Lipinski definition) is 1. The predicted molar refractivity (Wildman–Crippen MR) is 47.5 cm³/mol. The van der Waals surface area contributed by atoms with Crippen LogP contribution in [0.2, 0.25) is 0 Å². The summed E-state index contributed by atoms with van der Waals surface area (Å²) in [6, 6.07) is 5.04. The van der Waals surface area contributed by atoms with Gasteiger partial charge in [0.15, 0.2) is 6.61 Å². The van der Waals surface area contributed by atoms with Crippen LogP contribution in [0, 0.1) is 13.8 Å². The van der Waals surface area contributed by atoms with Gasteiger partial charge >= 0.3 is 6.18 Å².